The van der Waals surface area contributed by atoms with E-state index in [1.165, 1.54) is 6.20 Å². The van der Waals surface area contributed by atoms with Crippen molar-refractivity contribution >= 4 is 22.6 Å². The minimum absolute atomic E-state index is 0.261. The van der Waals surface area contributed by atoms with E-state index in [1.54, 1.807) is 17.0 Å². The highest BCUT2D eigenvalue weighted by atomic mass is 16.1. The normalized spacial score (nSPS) is 11.1. The highest BCUT2D eigenvalue weighted by Crippen LogP contribution is 2.22. The molecule has 0 saturated carbocycles. The van der Waals surface area contributed by atoms with Gasteiger partial charge < -0.3 is 11.1 Å². The van der Waals surface area contributed by atoms with Gasteiger partial charge in [-0.25, -0.2) is 9.67 Å². The molecule has 0 aliphatic rings. The first-order valence-corrected chi connectivity index (χ1v) is 6.79. The molecular weight excluding hydrogens is 266 g/mol. The summed E-state index contributed by atoms with van der Waals surface area (Å²) in [4.78, 5) is 16.3. The summed E-state index contributed by atoms with van der Waals surface area (Å²) in [7, 11) is 0. The van der Waals surface area contributed by atoms with E-state index in [9.17, 15) is 4.79 Å². The average Bonchev–Trinajstić information content (AvgIpc) is 2.90. The van der Waals surface area contributed by atoms with Crippen LogP contribution in [0.1, 0.15) is 23.7 Å². The lowest BCUT2D eigenvalue weighted by Crippen LogP contribution is -2.24. The Balaban J connectivity index is 2.31. The number of nitrogens with two attached hydrogens (primary N) is 1. The van der Waals surface area contributed by atoms with Crippen molar-refractivity contribution in [3.05, 3.63) is 42.8 Å². The molecule has 1 amide bonds. The van der Waals surface area contributed by atoms with Gasteiger partial charge in [0.15, 0.2) is 5.65 Å². The standard InChI is InChI=1S/C15H19N5O/c1-3-5-6-8-20-14-11(10-19-20)13(16)12(9-18-14)15(21)17-7-4-2/h3-5,9-10H,2,6-8H2,1H3,(H2,16,18)(H,17,21)/b5-3+. The van der Waals surface area contributed by atoms with Gasteiger partial charge in [-0.2, -0.15) is 5.10 Å². The molecule has 6 nitrogen and oxygen atoms in total. The van der Waals surface area contributed by atoms with Crippen LogP contribution < -0.4 is 11.1 Å². The number of aryl methyl sites for hydroxylation is 1. The van der Waals surface area contributed by atoms with Crippen LogP contribution in [0.3, 0.4) is 0 Å². The monoisotopic (exact) mass is 285 g/mol. The molecule has 0 spiro atoms. The van der Waals surface area contributed by atoms with Gasteiger partial charge in [-0.1, -0.05) is 18.2 Å². The Bertz CT molecular complexity index is 687. The number of fused-ring (bicyclic) bond motifs is 1. The zero-order valence-corrected chi connectivity index (χ0v) is 12.0. The van der Waals surface area contributed by atoms with Gasteiger partial charge in [0, 0.05) is 19.3 Å². The SMILES string of the molecule is C=CCNC(=O)c1cnc2c(cnn2CC/C=C/C)c1N. The Kier molecular flexibility index (Phi) is 4.71. The van der Waals surface area contributed by atoms with Crippen LogP contribution >= 0.6 is 0 Å². The van der Waals surface area contributed by atoms with Gasteiger partial charge in [-0.3, -0.25) is 4.79 Å². The van der Waals surface area contributed by atoms with Crippen LogP contribution in [0.25, 0.3) is 11.0 Å². The van der Waals surface area contributed by atoms with Gasteiger partial charge in [-0.15, -0.1) is 6.58 Å². The average molecular weight is 285 g/mol. The minimum Gasteiger partial charge on any atom is -0.397 e. The molecule has 110 valence electrons. The summed E-state index contributed by atoms with van der Waals surface area (Å²) in [5.41, 5.74) is 7.52. The van der Waals surface area contributed by atoms with Crippen LogP contribution in [-0.2, 0) is 6.54 Å². The zero-order chi connectivity index (χ0) is 15.2. The molecule has 3 N–H and O–H groups in total. The van der Waals surface area contributed by atoms with Crippen molar-refractivity contribution in [1.29, 1.82) is 0 Å². The number of rotatable bonds is 6. The van der Waals surface area contributed by atoms with Crippen LogP contribution in [0.5, 0.6) is 0 Å². The molecule has 2 heterocycles. The van der Waals surface area contributed by atoms with Crippen LogP contribution in [-0.4, -0.2) is 27.2 Å². The predicted molar refractivity (Wildman–Crippen MR) is 83.9 cm³/mol. The number of nitrogens with zero attached hydrogens (tertiary/aromatic N) is 3. The van der Waals surface area contributed by atoms with Gasteiger partial charge in [0.05, 0.1) is 22.8 Å². The topological polar surface area (TPSA) is 85.8 Å². The molecule has 0 fully saturated rings. The first-order valence-electron chi connectivity index (χ1n) is 6.79. The van der Waals surface area contributed by atoms with Crippen molar-refractivity contribution in [2.75, 3.05) is 12.3 Å². The first kappa shape index (κ1) is 14.8. The summed E-state index contributed by atoms with van der Waals surface area (Å²) in [6.45, 7) is 6.65. The van der Waals surface area contributed by atoms with Crippen LogP contribution in [0.2, 0.25) is 0 Å². The number of hydrogen-bond acceptors (Lipinski definition) is 4. The molecule has 0 aromatic carbocycles. The Morgan fingerprint density at radius 2 is 2.33 bits per heavy atom. The van der Waals surface area contributed by atoms with E-state index in [0.717, 1.165) is 13.0 Å². The zero-order valence-electron chi connectivity index (χ0n) is 12.0. The van der Waals surface area contributed by atoms with E-state index >= 15 is 0 Å². The van der Waals surface area contributed by atoms with Gasteiger partial charge in [0.2, 0.25) is 0 Å². The second-order valence-electron chi connectivity index (χ2n) is 4.55. The third kappa shape index (κ3) is 3.10. The van der Waals surface area contributed by atoms with Crippen molar-refractivity contribution in [2.24, 2.45) is 0 Å². The van der Waals surface area contributed by atoms with Gasteiger partial charge >= 0.3 is 0 Å². The number of nitrogen functional groups attached to an aromatic ring is 1. The predicted octanol–water partition coefficient (Wildman–Crippen LogP) is 1.90. The fourth-order valence-corrected chi connectivity index (χ4v) is 2.01. The maximum Gasteiger partial charge on any atom is 0.255 e. The molecule has 2 aromatic rings. The molecule has 0 bridgehead atoms. The van der Waals surface area contributed by atoms with Crippen molar-refractivity contribution in [2.45, 2.75) is 19.9 Å². The minimum atomic E-state index is -0.261. The number of amides is 1. The third-order valence-corrected chi connectivity index (χ3v) is 3.10. The summed E-state index contributed by atoms with van der Waals surface area (Å²) in [5.74, 6) is -0.261. The van der Waals surface area contributed by atoms with Crippen molar-refractivity contribution in [3.8, 4) is 0 Å². The molecule has 0 aliphatic carbocycles. The highest BCUT2D eigenvalue weighted by Gasteiger charge is 2.15. The summed E-state index contributed by atoms with van der Waals surface area (Å²) < 4.78 is 1.79. The molecule has 0 saturated heterocycles. The van der Waals surface area contributed by atoms with Gasteiger partial charge in [0.1, 0.15) is 0 Å². The lowest BCUT2D eigenvalue weighted by atomic mass is 10.2. The van der Waals surface area contributed by atoms with E-state index in [1.807, 2.05) is 13.0 Å². The maximum absolute atomic E-state index is 12.0. The Labute approximate surface area is 123 Å². The molecule has 0 unspecified atom stereocenters. The number of aromatic nitrogens is 3. The smallest absolute Gasteiger partial charge is 0.255 e. The summed E-state index contributed by atoms with van der Waals surface area (Å²) >= 11 is 0. The first-order chi connectivity index (χ1) is 10.2. The van der Waals surface area contributed by atoms with E-state index in [2.05, 4.69) is 28.1 Å². The number of hydrogen-bond donors (Lipinski definition) is 2. The Morgan fingerprint density at radius 1 is 1.52 bits per heavy atom. The molecule has 2 rings (SSSR count). The lowest BCUT2D eigenvalue weighted by molar-refractivity contribution is 0.0958. The van der Waals surface area contributed by atoms with Gasteiger partial charge in [0.25, 0.3) is 5.91 Å². The molecule has 2 aromatic heterocycles. The largest absolute Gasteiger partial charge is 0.397 e. The third-order valence-electron chi connectivity index (χ3n) is 3.10. The second kappa shape index (κ2) is 6.69. The van der Waals surface area contributed by atoms with E-state index < -0.39 is 0 Å². The Hall–Kier alpha value is -2.63. The molecule has 21 heavy (non-hydrogen) atoms. The van der Waals surface area contributed by atoms with Crippen LogP contribution in [0.4, 0.5) is 5.69 Å². The van der Waals surface area contributed by atoms with Crippen molar-refractivity contribution in [1.82, 2.24) is 20.1 Å². The van der Waals surface area contributed by atoms with Crippen molar-refractivity contribution in [3.63, 3.8) is 0 Å². The van der Waals surface area contributed by atoms with Crippen molar-refractivity contribution < 1.29 is 4.79 Å². The molecular formula is C15H19N5O. The number of allylic oxidation sites excluding steroid dienone is 2. The fourth-order valence-electron chi connectivity index (χ4n) is 2.01. The summed E-state index contributed by atoms with van der Waals surface area (Å²) in [5, 5.41) is 7.67. The lowest BCUT2D eigenvalue weighted by Gasteiger charge is -2.07. The fraction of sp³-hybridized carbons (Fsp3) is 0.267. The molecule has 6 heteroatoms. The molecule has 0 aliphatic heterocycles. The molecule has 0 atom stereocenters. The Morgan fingerprint density at radius 3 is 3.05 bits per heavy atom. The van der Waals surface area contributed by atoms with E-state index in [-0.39, 0.29) is 5.91 Å². The molecule has 0 radical (unpaired) electrons. The highest BCUT2D eigenvalue weighted by molar-refractivity contribution is 6.05. The van der Waals surface area contributed by atoms with Crippen LogP contribution in [0.15, 0.2) is 37.2 Å². The second-order valence-corrected chi connectivity index (χ2v) is 4.55. The van der Waals surface area contributed by atoms with E-state index in [0.29, 0.717) is 28.8 Å². The number of nitrogens with one attached hydrogen (secondary N) is 1. The quantitative estimate of drug-likeness (QED) is 0.794. The number of carbonyl (C=O) groups excluding carboxylic acids is 1. The van der Waals surface area contributed by atoms with Gasteiger partial charge in [-0.05, 0) is 13.3 Å². The van der Waals surface area contributed by atoms with Crippen LogP contribution in [0, 0.1) is 0 Å². The number of anilines is 1. The summed E-state index contributed by atoms with van der Waals surface area (Å²) in [6.07, 6.45) is 9.68. The summed E-state index contributed by atoms with van der Waals surface area (Å²) in [6, 6.07) is 0. The number of carbonyl (C=O) groups is 1. The number of pyridine rings is 1. The maximum atomic E-state index is 12.0. The van der Waals surface area contributed by atoms with E-state index in [4.69, 9.17) is 5.73 Å².